The first-order valence-corrected chi connectivity index (χ1v) is 6.60. The van der Waals surface area contributed by atoms with Crippen LogP contribution in [0.25, 0.3) is 0 Å². The van der Waals surface area contributed by atoms with Gasteiger partial charge < -0.3 is 10.1 Å². The third-order valence-corrected chi connectivity index (χ3v) is 3.06. The zero-order chi connectivity index (χ0) is 12.7. The summed E-state index contributed by atoms with van der Waals surface area (Å²) in [5, 5.41) is 3.32. The Bertz CT molecular complexity index is 363. The van der Waals surface area contributed by atoms with E-state index in [9.17, 15) is 0 Å². The van der Waals surface area contributed by atoms with Crippen molar-refractivity contribution >= 4 is 15.9 Å². The van der Waals surface area contributed by atoms with E-state index in [4.69, 9.17) is 4.74 Å². The highest BCUT2D eigenvalue weighted by molar-refractivity contribution is 9.10. The quantitative estimate of drug-likeness (QED) is 0.778. The molecule has 17 heavy (non-hydrogen) atoms. The lowest BCUT2D eigenvalue weighted by molar-refractivity contribution is 0.141. The van der Waals surface area contributed by atoms with E-state index in [2.05, 4.69) is 47.7 Å². The van der Waals surface area contributed by atoms with Crippen molar-refractivity contribution in [3.63, 3.8) is 0 Å². The summed E-state index contributed by atoms with van der Waals surface area (Å²) >= 11 is 3.50. The molecular formula is C14H20BrNO. The van der Waals surface area contributed by atoms with Gasteiger partial charge in [-0.15, -0.1) is 0 Å². The topological polar surface area (TPSA) is 21.3 Å². The van der Waals surface area contributed by atoms with E-state index in [1.165, 1.54) is 0 Å². The number of rotatable bonds is 7. The molecule has 1 aromatic carbocycles. The van der Waals surface area contributed by atoms with Gasteiger partial charge in [0, 0.05) is 17.1 Å². The molecule has 1 aromatic rings. The molecule has 0 heterocycles. The van der Waals surface area contributed by atoms with Crippen molar-refractivity contribution in [2.75, 3.05) is 13.2 Å². The predicted molar refractivity (Wildman–Crippen MR) is 76.1 cm³/mol. The van der Waals surface area contributed by atoms with Crippen molar-refractivity contribution in [1.29, 1.82) is 0 Å². The summed E-state index contributed by atoms with van der Waals surface area (Å²) in [4.78, 5) is 0. The minimum Gasteiger partial charge on any atom is -0.372 e. The molecule has 0 amide bonds. The van der Waals surface area contributed by atoms with Gasteiger partial charge in [0.25, 0.3) is 0 Å². The molecule has 0 aromatic heterocycles. The zero-order valence-corrected chi connectivity index (χ0v) is 12.1. The van der Waals surface area contributed by atoms with Crippen LogP contribution in [0.5, 0.6) is 0 Å². The number of benzene rings is 1. The highest BCUT2D eigenvalue weighted by Gasteiger charge is 2.00. The maximum atomic E-state index is 5.63. The molecule has 2 nitrogen and oxygen atoms in total. The molecule has 1 rings (SSSR count). The van der Waals surface area contributed by atoms with E-state index in [1.54, 1.807) is 0 Å². The summed E-state index contributed by atoms with van der Waals surface area (Å²) in [5.74, 6) is 0. The first kappa shape index (κ1) is 14.4. The average molecular weight is 298 g/mol. The van der Waals surface area contributed by atoms with Crippen LogP contribution in [-0.4, -0.2) is 19.2 Å². The minimum absolute atomic E-state index is 0.481. The van der Waals surface area contributed by atoms with Gasteiger partial charge >= 0.3 is 0 Å². The molecule has 0 spiro atoms. The van der Waals surface area contributed by atoms with Crippen molar-refractivity contribution in [3.8, 4) is 0 Å². The van der Waals surface area contributed by atoms with E-state index in [1.807, 2.05) is 18.2 Å². The zero-order valence-electron chi connectivity index (χ0n) is 10.5. The fourth-order valence-electron chi connectivity index (χ4n) is 1.32. The van der Waals surface area contributed by atoms with Crippen molar-refractivity contribution < 1.29 is 4.74 Å². The molecule has 0 saturated carbocycles. The Morgan fingerprint density at radius 1 is 1.41 bits per heavy atom. The van der Waals surface area contributed by atoms with Gasteiger partial charge in [-0.05, 0) is 17.2 Å². The minimum atomic E-state index is 0.481. The van der Waals surface area contributed by atoms with Gasteiger partial charge in [-0.25, -0.2) is 0 Å². The van der Waals surface area contributed by atoms with Crippen LogP contribution in [0.1, 0.15) is 19.4 Å². The summed E-state index contributed by atoms with van der Waals surface area (Å²) in [6, 6.07) is 8.57. The Morgan fingerprint density at radius 3 is 2.76 bits per heavy atom. The second kappa shape index (κ2) is 7.64. The Hall–Kier alpha value is -0.640. The van der Waals surface area contributed by atoms with Crippen LogP contribution in [0.3, 0.4) is 0 Å². The van der Waals surface area contributed by atoms with Crippen molar-refractivity contribution in [1.82, 2.24) is 5.32 Å². The van der Waals surface area contributed by atoms with Gasteiger partial charge in [-0.2, -0.15) is 0 Å². The summed E-state index contributed by atoms with van der Waals surface area (Å²) < 4.78 is 6.71. The standard InChI is InChI=1S/C14H20BrNO/c1-11(2)16-8-12(3)9-17-10-13-6-4-5-7-14(13)15/h4-7,11,16H,3,8-10H2,1-2H3. The van der Waals surface area contributed by atoms with E-state index in [0.717, 1.165) is 22.2 Å². The van der Waals surface area contributed by atoms with Gasteiger partial charge in [-0.1, -0.05) is 54.6 Å². The Kier molecular flexibility index (Phi) is 6.48. The average Bonchev–Trinajstić information content (AvgIpc) is 2.29. The lowest BCUT2D eigenvalue weighted by atomic mass is 10.2. The molecule has 0 fully saturated rings. The molecule has 0 unspecified atom stereocenters. The molecular weight excluding hydrogens is 278 g/mol. The second-order valence-corrected chi connectivity index (χ2v) is 5.22. The van der Waals surface area contributed by atoms with Crippen LogP contribution in [0.15, 0.2) is 40.9 Å². The fourth-order valence-corrected chi connectivity index (χ4v) is 1.72. The van der Waals surface area contributed by atoms with Gasteiger partial charge in [0.2, 0.25) is 0 Å². The Balaban J connectivity index is 2.24. The third kappa shape index (κ3) is 6.01. The maximum Gasteiger partial charge on any atom is 0.0732 e. The summed E-state index contributed by atoms with van der Waals surface area (Å²) in [6.45, 7) is 10.2. The van der Waals surface area contributed by atoms with E-state index in [0.29, 0.717) is 19.3 Å². The molecule has 0 aliphatic heterocycles. The number of ether oxygens (including phenoxy) is 1. The summed E-state index contributed by atoms with van der Waals surface area (Å²) in [5.41, 5.74) is 2.24. The smallest absolute Gasteiger partial charge is 0.0732 e. The van der Waals surface area contributed by atoms with Crippen molar-refractivity contribution in [2.45, 2.75) is 26.5 Å². The molecule has 94 valence electrons. The lowest BCUT2D eigenvalue weighted by Gasteiger charge is -2.11. The molecule has 0 bridgehead atoms. The van der Waals surface area contributed by atoms with Gasteiger partial charge in [-0.3, -0.25) is 0 Å². The summed E-state index contributed by atoms with van der Waals surface area (Å²) in [7, 11) is 0. The number of nitrogens with one attached hydrogen (secondary N) is 1. The second-order valence-electron chi connectivity index (χ2n) is 4.37. The normalized spacial score (nSPS) is 10.8. The summed E-state index contributed by atoms with van der Waals surface area (Å²) in [6.07, 6.45) is 0. The Morgan fingerprint density at radius 2 is 2.12 bits per heavy atom. The number of hydrogen-bond acceptors (Lipinski definition) is 2. The first-order chi connectivity index (χ1) is 8.09. The van der Waals surface area contributed by atoms with Gasteiger partial charge in [0.1, 0.15) is 0 Å². The van der Waals surface area contributed by atoms with E-state index >= 15 is 0 Å². The molecule has 0 aliphatic rings. The first-order valence-electron chi connectivity index (χ1n) is 5.80. The van der Waals surface area contributed by atoms with Crippen molar-refractivity contribution in [3.05, 3.63) is 46.5 Å². The van der Waals surface area contributed by atoms with Crippen LogP contribution in [-0.2, 0) is 11.3 Å². The molecule has 1 N–H and O–H groups in total. The van der Waals surface area contributed by atoms with Crippen molar-refractivity contribution in [2.24, 2.45) is 0 Å². The van der Waals surface area contributed by atoms with Crippen LogP contribution in [0, 0.1) is 0 Å². The highest BCUT2D eigenvalue weighted by atomic mass is 79.9. The molecule has 0 radical (unpaired) electrons. The van der Waals surface area contributed by atoms with Crippen LogP contribution >= 0.6 is 15.9 Å². The SMILES string of the molecule is C=C(CNC(C)C)COCc1ccccc1Br. The highest BCUT2D eigenvalue weighted by Crippen LogP contribution is 2.16. The lowest BCUT2D eigenvalue weighted by Crippen LogP contribution is -2.25. The molecule has 0 saturated heterocycles. The van der Waals surface area contributed by atoms with Crippen LogP contribution < -0.4 is 5.32 Å². The Labute approximate surface area is 112 Å². The predicted octanol–water partition coefficient (Wildman–Crippen LogP) is 3.52. The number of hydrogen-bond donors (Lipinski definition) is 1. The maximum absolute atomic E-state index is 5.63. The van der Waals surface area contributed by atoms with Gasteiger partial charge in [0.05, 0.1) is 13.2 Å². The van der Waals surface area contributed by atoms with Gasteiger partial charge in [0.15, 0.2) is 0 Å². The van der Waals surface area contributed by atoms with E-state index < -0.39 is 0 Å². The molecule has 0 atom stereocenters. The monoisotopic (exact) mass is 297 g/mol. The third-order valence-electron chi connectivity index (χ3n) is 2.28. The fraction of sp³-hybridized carbons (Fsp3) is 0.429. The van der Waals surface area contributed by atoms with Crippen LogP contribution in [0.4, 0.5) is 0 Å². The van der Waals surface area contributed by atoms with E-state index in [-0.39, 0.29) is 0 Å². The molecule has 3 heteroatoms. The van der Waals surface area contributed by atoms with Crippen LogP contribution in [0.2, 0.25) is 0 Å². The number of halogens is 1. The largest absolute Gasteiger partial charge is 0.372 e. The molecule has 0 aliphatic carbocycles.